The number of sulfonamides is 1. The second kappa shape index (κ2) is 6.25. The summed E-state index contributed by atoms with van der Waals surface area (Å²) in [6.45, 7) is 2.44. The first-order chi connectivity index (χ1) is 9.23. The molecule has 0 aliphatic carbocycles. The molecule has 0 bridgehead atoms. The summed E-state index contributed by atoms with van der Waals surface area (Å²) < 4.78 is 39.2. The lowest BCUT2D eigenvalue weighted by Crippen LogP contribution is -2.39. The number of halogens is 1. The molecule has 1 aromatic rings. The first-order valence-electron chi connectivity index (χ1n) is 5.79. The molecule has 20 heavy (non-hydrogen) atoms. The molecular formula is C11H15FN2O5S. The smallest absolute Gasteiger partial charge is 0.324 e. The van der Waals surface area contributed by atoms with Crippen LogP contribution in [-0.2, 0) is 10.0 Å². The molecule has 0 amide bonds. The zero-order chi connectivity index (χ0) is 15.5. The second-order valence-electron chi connectivity index (χ2n) is 4.28. The van der Waals surface area contributed by atoms with Crippen molar-refractivity contribution in [3.05, 3.63) is 34.1 Å². The Labute approximate surface area is 115 Å². The third-order valence-corrected chi connectivity index (χ3v) is 4.72. The topological polar surface area (TPSA) is 101 Å². The molecule has 0 radical (unpaired) electrons. The third kappa shape index (κ3) is 3.11. The number of hydrogen-bond acceptors (Lipinski definition) is 5. The molecule has 0 fully saturated rings. The highest BCUT2D eigenvalue weighted by Crippen LogP contribution is 2.29. The van der Waals surface area contributed by atoms with Crippen molar-refractivity contribution in [3.8, 4) is 0 Å². The monoisotopic (exact) mass is 306 g/mol. The van der Waals surface area contributed by atoms with Crippen LogP contribution in [0.15, 0.2) is 23.1 Å². The van der Waals surface area contributed by atoms with E-state index in [2.05, 4.69) is 0 Å². The molecule has 9 heteroatoms. The van der Waals surface area contributed by atoms with Crippen molar-refractivity contribution in [1.82, 2.24) is 4.31 Å². The van der Waals surface area contributed by atoms with Crippen molar-refractivity contribution in [2.45, 2.75) is 24.8 Å². The Balaban J connectivity index is 3.49. The van der Waals surface area contributed by atoms with Crippen LogP contribution in [0.25, 0.3) is 0 Å². The molecule has 112 valence electrons. The Kier molecular flexibility index (Phi) is 5.15. The van der Waals surface area contributed by atoms with E-state index in [4.69, 9.17) is 5.11 Å². The van der Waals surface area contributed by atoms with E-state index in [0.29, 0.717) is 0 Å². The van der Waals surface area contributed by atoms with Gasteiger partial charge in [0.1, 0.15) is 0 Å². The number of nitro benzene ring substituents is 1. The summed E-state index contributed by atoms with van der Waals surface area (Å²) in [5.74, 6) is -1.22. The van der Waals surface area contributed by atoms with E-state index in [1.54, 1.807) is 13.8 Å². The second-order valence-corrected chi connectivity index (χ2v) is 6.14. The van der Waals surface area contributed by atoms with Gasteiger partial charge in [0.15, 0.2) is 4.90 Å². The summed E-state index contributed by atoms with van der Waals surface area (Å²) in [6, 6.07) is 2.36. The van der Waals surface area contributed by atoms with Gasteiger partial charge in [-0.2, -0.15) is 8.70 Å². The molecule has 1 N–H and O–H groups in total. The highest BCUT2D eigenvalue weighted by Gasteiger charge is 2.34. The predicted molar refractivity (Wildman–Crippen MR) is 69.2 cm³/mol. The first kappa shape index (κ1) is 16.5. The summed E-state index contributed by atoms with van der Waals surface area (Å²) in [4.78, 5) is 9.09. The van der Waals surface area contributed by atoms with Gasteiger partial charge in [-0.3, -0.25) is 10.1 Å². The molecule has 0 heterocycles. The highest BCUT2D eigenvalue weighted by atomic mass is 32.2. The molecular weight excluding hydrogens is 291 g/mol. The summed E-state index contributed by atoms with van der Waals surface area (Å²) in [5, 5.41) is 19.8. The van der Waals surface area contributed by atoms with Gasteiger partial charge in [0.25, 0.3) is 0 Å². The van der Waals surface area contributed by atoms with E-state index >= 15 is 0 Å². The zero-order valence-corrected chi connectivity index (χ0v) is 11.8. The summed E-state index contributed by atoms with van der Waals surface area (Å²) >= 11 is 0. The Morgan fingerprint density at radius 3 is 2.50 bits per heavy atom. The van der Waals surface area contributed by atoms with Gasteiger partial charge in [-0.15, -0.1) is 0 Å². The third-order valence-electron chi connectivity index (χ3n) is 2.62. The van der Waals surface area contributed by atoms with Gasteiger partial charge in [-0.25, -0.2) is 8.42 Å². The first-order valence-corrected chi connectivity index (χ1v) is 7.23. The number of aliphatic hydroxyl groups excluding tert-OH is 1. The van der Waals surface area contributed by atoms with Crippen molar-refractivity contribution >= 4 is 15.7 Å². The maximum Gasteiger partial charge on any atom is 0.324 e. The average molecular weight is 306 g/mol. The fourth-order valence-corrected chi connectivity index (χ4v) is 3.56. The molecule has 0 atom stereocenters. The molecule has 0 saturated carbocycles. The maximum atomic E-state index is 13.5. The van der Waals surface area contributed by atoms with Gasteiger partial charge in [0.05, 0.1) is 11.5 Å². The van der Waals surface area contributed by atoms with E-state index < -0.39 is 44.0 Å². The number of hydrogen-bond donors (Lipinski definition) is 1. The SMILES string of the molecule is CC(C)N(CCO)S(=O)(=O)c1cccc(F)c1[N+](=O)[O-]. The lowest BCUT2D eigenvalue weighted by molar-refractivity contribution is -0.390. The number of aliphatic hydroxyl groups is 1. The number of nitro groups is 1. The minimum absolute atomic E-state index is 0.229. The van der Waals surface area contributed by atoms with Crippen LogP contribution in [-0.4, -0.2) is 41.9 Å². The molecule has 0 aliphatic rings. The molecule has 0 saturated heterocycles. The van der Waals surface area contributed by atoms with E-state index in [0.717, 1.165) is 22.5 Å². The van der Waals surface area contributed by atoms with Gasteiger partial charge in [-0.05, 0) is 26.0 Å². The van der Waals surface area contributed by atoms with Crippen LogP contribution in [0.4, 0.5) is 10.1 Å². The van der Waals surface area contributed by atoms with E-state index in [-0.39, 0.29) is 6.54 Å². The number of nitrogens with zero attached hydrogens (tertiary/aromatic N) is 2. The van der Waals surface area contributed by atoms with Crippen LogP contribution in [0.1, 0.15) is 13.8 Å². The van der Waals surface area contributed by atoms with Crippen molar-refractivity contribution in [2.24, 2.45) is 0 Å². The average Bonchev–Trinajstić information content (AvgIpc) is 2.34. The predicted octanol–water partition coefficient (Wildman–Crippen LogP) is 1.13. The number of para-hydroxylation sites is 1. The Bertz CT molecular complexity index is 603. The lowest BCUT2D eigenvalue weighted by Gasteiger charge is -2.24. The van der Waals surface area contributed by atoms with Gasteiger partial charge in [0.2, 0.25) is 15.8 Å². The van der Waals surface area contributed by atoms with Gasteiger partial charge < -0.3 is 5.11 Å². The standard InChI is InChI=1S/C11H15FN2O5S/c1-8(2)13(6-7-15)20(18,19)10-5-3-4-9(12)11(10)14(16)17/h3-5,8,15H,6-7H2,1-2H3. The van der Waals surface area contributed by atoms with Gasteiger partial charge in [0, 0.05) is 12.6 Å². The van der Waals surface area contributed by atoms with E-state index in [1.807, 2.05) is 0 Å². The van der Waals surface area contributed by atoms with Crippen LogP contribution in [0.3, 0.4) is 0 Å². The number of benzene rings is 1. The van der Waals surface area contributed by atoms with Crippen molar-refractivity contribution in [3.63, 3.8) is 0 Å². The minimum Gasteiger partial charge on any atom is -0.395 e. The van der Waals surface area contributed by atoms with Crippen LogP contribution in [0.2, 0.25) is 0 Å². The molecule has 7 nitrogen and oxygen atoms in total. The molecule has 0 aromatic heterocycles. The quantitative estimate of drug-likeness (QED) is 0.627. The van der Waals surface area contributed by atoms with Gasteiger partial charge >= 0.3 is 5.69 Å². The molecule has 1 rings (SSSR count). The minimum atomic E-state index is -4.27. The molecule has 1 aromatic carbocycles. The van der Waals surface area contributed by atoms with Crippen molar-refractivity contribution in [2.75, 3.05) is 13.2 Å². The Morgan fingerprint density at radius 1 is 1.45 bits per heavy atom. The van der Waals surface area contributed by atoms with Crippen molar-refractivity contribution < 1.29 is 22.8 Å². The van der Waals surface area contributed by atoms with Crippen LogP contribution in [0.5, 0.6) is 0 Å². The Morgan fingerprint density at radius 2 is 2.05 bits per heavy atom. The van der Waals surface area contributed by atoms with Gasteiger partial charge in [-0.1, -0.05) is 6.07 Å². The largest absolute Gasteiger partial charge is 0.395 e. The summed E-state index contributed by atoms with van der Waals surface area (Å²) in [7, 11) is -4.27. The summed E-state index contributed by atoms with van der Waals surface area (Å²) in [5.41, 5.74) is -1.09. The highest BCUT2D eigenvalue weighted by molar-refractivity contribution is 7.89. The lowest BCUT2D eigenvalue weighted by atomic mass is 10.3. The zero-order valence-electron chi connectivity index (χ0n) is 11.0. The van der Waals surface area contributed by atoms with Crippen molar-refractivity contribution in [1.29, 1.82) is 0 Å². The number of rotatable bonds is 6. The fourth-order valence-electron chi connectivity index (χ4n) is 1.76. The molecule has 0 aliphatic heterocycles. The fraction of sp³-hybridized carbons (Fsp3) is 0.455. The molecule has 0 unspecified atom stereocenters. The van der Waals surface area contributed by atoms with Crippen LogP contribution in [0, 0.1) is 15.9 Å². The van der Waals surface area contributed by atoms with E-state index in [1.165, 1.54) is 0 Å². The normalized spacial score (nSPS) is 12.1. The van der Waals surface area contributed by atoms with E-state index in [9.17, 15) is 22.9 Å². The Hall–Kier alpha value is -1.58. The maximum absolute atomic E-state index is 13.5. The van der Waals surface area contributed by atoms with Crippen LogP contribution >= 0.6 is 0 Å². The summed E-state index contributed by atoms with van der Waals surface area (Å²) in [6.07, 6.45) is 0. The molecule has 0 spiro atoms. The van der Waals surface area contributed by atoms with Crippen LogP contribution < -0.4 is 0 Å².